The first-order valence-electron chi connectivity index (χ1n) is 21.0. The van der Waals surface area contributed by atoms with Crippen molar-refractivity contribution in [3.63, 3.8) is 0 Å². The average Bonchev–Trinajstić information content (AvgIpc) is 4.22. The van der Waals surface area contributed by atoms with Crippen LogP contribution in [-0.4, -0.2) is 120 Å². The summed E-state index contributed by atoms with van der Waals surface area (Å²) in [7, 11) is 4.95. The van der Waals surface area contributed by atoms with Crippen LogP contribution in [0.1, 0.15) is 62.5 Å². The standard InChI is InChI=1S/C23H30N4O3.C22H28N4O3/c1-24-22(28)26-11-3-4-20(15-26)27(19-8-9-19)23(29)25-14-16-5-6-17-7-10-21(30-2)13-18(17)12-16;1-23-21(28)25-10-2-3-19(14-25)26(18-7-8-18)22(29)24-13-15-4-5-16-6-9-20(27)12-17(16)11-15/h5-7,10,12-13,19-20H,3-4,8-9,11,14-15H2,1-2H3,(H,24,28)(H,25,29);4-6,9,11-12,18-19,27H,2-3,7-8,10,13-14H2,1H3,(H,23,28)(H,24,29)/t20-;/m1./s1. The number of rotatable bonds is 9. The zero-order valence-corrected chi connectivity index (χ0v) is 34.4. The minimum Gasteiger partial charge on any atom is -0.508 e. The largest absolute Gasteiger partial charge is 0.508 e. The number of amides is 8. The van der Waals surface area contributed by atoms with E-state index in [9.17, 15) is 24.3 Å². The summed E-state index contributed by atoms with van der Waals surface area (Å²) >= 11 is 0. The predicted molar refractivity (Wildman–Crippen MR) is 228 cm³/mol. The van der Waals surface area contributed by atoms with E-state index in [0.29, 0.717) is 32.2 Å². The number of nitrogens with one attached hydrogen (secondary N) is 4. The maximum absolute atomic E-state index is 13.1. The van der Waals surface area contributed by atoms with Crippen LogP contribution in [0.3, 0.4) is 0 Å². The van der Waals surface area contributed by atoms with Gasteiger partial charge in [0.05, 0.1) is 19.2 Å². The number of hydrogen-bond acceptors (Lipinski definition) is 6. The molecule has 0 radical (unpaired) electrons. The Labute approximate surface area is 346 Å². The Morgan fingerprint density at radius 3 is 1.53 bits per heavy atom. The van der Waals surface area contributed by atoms with Crippen LogP contribution >= 0.6 is 0 Å². The molecule has 2 aliphatic heterocycles. The van der Waals surface area contributed by atoms with E-state index >= 15 is 0 Å². The number of carbonyl (C=O) groups excluding carboxylic acids is 4. The smallest absolute Gasteiger partial charge is 0.318 e. The van der Waals surface area contributed by atoms with Crippen molar-refractivity contribution in [3.8, 4) is 11.5 Å². The van der Waals surface area contributed by atoms with Crippen LogP contribution in [0.15, 0.2) is 72.8 Å². The van der Waals surface area contributed by atoms with Gasteiger partial charge in [-0.3, -0.25) is 0 Å². The molecule has 5 N–H and O–H groups in total. The van der Waals surface area contributed by atoms with Crippen molar-refractivity contribution in [2.75, 3.05) is 47.4 Å². The van der Waals surface area contributed by atoms with Crippen LogP contribution < -0.4 is 26.0 Å². The SMILES string of the molecule is CNC(=O)N1CCCC(N(C(=O)NCc2ccc3ccc(O)cc3c2)C2CC2)C1.CNC(=O)N1CCC[C@@H](N(C(=O)NCc2ccc3ccc(OC)cc3c2)C2CC2)C1. The van der Waals surface area contributed by atoms with Crippen molar-refractivity contribution in [2.24, 2.45) is 0 Å². The molecule has 0 spiro atoms. The van der Waals surface area contributed by atoms with Gasteiger partial charge < -0.3 is 50.7 Å². The van der Waals surface area contributed by atoms with Crippen molar-refractivity contribution in [2.45, 2.75) is 88.6 Å². The monoisotopic (exact) mass is 806 g/mol. The molecule has 59 heavy (non-hydrogen) atoms. The molecule has 8 rings (SSSR count). The third kappa shape index (κ3) is 10.4. The summed E-state index contributed by atoms with van der Waals surface area (Å²) in [5.74, 6) is 1.05. The highest BCUT2D eigenvalue weighted by Crippen LogP contribution is 2.33. The zero-order chi connectivity index (χ0) is 41.5. The molecule has 4 aliphatic rings. The number of ether oxygens (including phenoxy) is 1. The number of methoxy groups -OCH3 is 1. The quantitative estimate of drug-likeness (QED) is 0.133. The van der Waals surface area contributed by atoms with Crippen molar-refractivity contribution in [3.05, 3.63) is 83.9 Å². The number of fused-ring (bicyclic) bond motifs is 2. The molecular weight excluding hydrogens is 749 g/mol. The second-order valence-corrected chi connectivity index (χ2v) is 16.1. The molecule has 8 amide bonds. The number of urea groups is 4. The average molecular weight is 807 g/mol. The number of piperidine rings is 2. The molecule has 0 aromatic heterocycles. The molecule has 2 heterocycles. The van der Waals surface area contributed by atoms with Crippen LogP contribution in [0.2, 0.25) is 0 Å². The fraction of sp³-hybridized carbons (Fsp3) is 0.467. The van der Waals surface area contributed by atoms with Gasteiger partial charge in [0.15, 0.2) is 0 Å². The summed E-state index contributed by atoms with van der Waals surface area (Å²) in [6, 6.07) is 23.9. The van der Waals surface area contributed by atoms with E-state index in [4.69, 9.17) is 4.74 Å². The Bertz CT molecular complexity index is 2140. The molecule has 4 fully saturated rings. The number of phenolic OH excluding ortho intramolecular Hbond substituents is 1. The lowest BCUT2D eigenvalue weighted by atomic mass is 10.0. The molecule has 2 atom stereocenters. The molecule has 314 valence electrons. The van der Waals surface area contributed by atoms with E-state index in [2.05, 4.69) is 33.4 Å². The lowest BCUT2D eigenvalue weighted by Gasteiger charge is -2.39. The summed E-state index contributed by atoms with van der Waals surface area (Å²) in [5.41, 5.74) is 2.04. The highest BCUT2D eigenvalue weighted by Gasteiger charge is 2.41. The van der Waals surface area contributed by atoms with Crippen molar-refractivity contribution in [1.29, 1.82) is 0 Å². The molecular formula is C45H58N8O6. The van der Waals surface area contributed by atoms with Gasteiger partial charge >= 0.3 is 24.1 Å². The minimum absolute atomic E-state index is 0.0352. The minimum atomic E-state index is -0.0785. The van der Waals surface area contributed by atoms with Crippen molar-refractivity contribution in [1.82, 2.24) is 40.9 Å². The van der Waals surface area contributed by atoms with E-state index in [1.54, 1.807) is 38.2 Å². The zero-order valence-electron chi connectivity index (χ0n) is 34.4. The topological polar surface area (TPSA) is 159 Å². The predicted octanol–water partition coefficient (Wildman–Crippen LogP) is 6.35. The van der Waals surface area contributed by atoms with Crippen molar-refractivity contribution >= 4 is 45.7 Å². The van der Waals surface area contributed by atoms with Gasteiger partial charge in [0.1, 0.15) is 11.5 Å². The van der Waals surface area contributed by atoms with E-state index in [-0.39, 0.29) is 48.0 Å². The number of aromatic hydroxyl groups is 1. The summed E-state index contributed by atoms with van der Waals surface area (Å²) in [6.45, 7) is 3.57. The summed E-state index contributed by atoms with van der Waals surface area (Å²) in [6.07, 6.45) is 7.82. The van der Waals surface area contributed by atoms with E-state index < -0.39 is 0 Å². The van der Waals surface area contributed by atoms with E-state index in [1.165, 1.54) is 0 Å². The van der Waals surface area contributed by atoms with Gasteiger partial charge in [-0.15, -0.1) is 0 Å². The lowest BCUT2D eigenvalue weighted by Crippen LogP contribution is -2.56. The maximum Gasteiger partial charge on any atom is 0.318 e. The van der Waals surface area contributed by atoms with E-state index in [1.807, 2.05) is 63.2 Å². The molecule has 2 saturated heterocycles. The lowest BCUT2D eigenvalue weighted by molar-refractivity contribution is 0.116. The summed E-state index contributed by atoms with van der Waals surface area (Å²) < 4.78 is 5.32. The third-order valence-electron chi connectivity index (χ3n) is 11.8. The van der Waals surface area contributed by atoms with Gasteiger partial charge in [0.25, 0.3) is 0 Å². The molecule has 14 heteroatoms. The van der Waals surface area contributed by atoms with Gasteiger partial charge in [-0.25, -0.2) is 19.2 Å². The number of phenols is 1. The molecule has 4 aromatic rings. The fourth-order valence-electron chi connectivity index (χ4n) is 8.46. The van der Waals surface area contributed by atoms with Gasteiger partial charge in [-0.2, -0.15) is 0 Å². The highest BCUT2D eigenvalue weighted by molar-refractivity contribution is 5.86. The first kappa shape index (κ1) is 41.2. The molecule has 2 aliphatic carbocycles. The first-order chi connectivity index (χ1) is 28.6. The second kappa shape index (κ2) is 18.8. The van der Waals surface area contributed by atoms with Gasteiger partial charge in [0, 0.05) is 65.4 Å². The Morgan fingerprint density at radius 1 is 0.610 bits per heavy atom. The molecule has 1 unspecified atom stereocenters. The second-order valence-electron chi connectivity index (χ2n) is 16.1. The van der Waals surface area contributed by atoms with Crippen LogP contribution in [0.4, 0.5) is 19.2 Å². The molecule has 2 saturated carbocycles. The summed E-state index contributed by atoms with van der Waals surface area (Å²) in [4.78, 5) is 57.7. The van der Waals surface area contributed by atoms with Crippen LogP contribution in [0.25, 0.3) is 21.5 Å². The van der Waals surface area contributed by atoms with Crippen molar-refractivity contribution < 1.29 is 29.0 Å². The fourth-order valence-corrected chi connectivity index (χ4v) is 8.46. The first-order valence-corrected chi connectivity index (χ1v) is 21.0. The van der Waals surface area contributed by atoms with Gasteiger partial charge in [0.2, 0.25) is 0 Å². The third-order valence-corrected chi connectivity index (χ3v) is 11.8. The number of carbonyl (C=O) groups is 4. The Morgan fingerprint density at radius 2 is 1.07 bits per heavy atom. The number of nitrogens with zero attached hydrogens (tertiary/aromatic N) is 4. The van der Waals surface area contributed by atoms with E-state index in [0.717, 1.165) is 103 Å². The normalized spacial score (nSPS) is 18.9. The number of benzene rings is 4. The van der Waals surface area contributed by atoms with Crippen LogP contribution in [0, 0.1) is 0 Å². The highest BCUT2D eigenvalue weighted by atomic mass is 16.5. The van der Waals surface area contributed by atoms with Gasteiger partial charge in [-0.05, 0) is 120 Å². The maximum atomic E-state index is 13.1. The Kier molecular flexibility index (Phi) is 13.1. The number of hydrogen-bond donors (Lipinski definition) is 5. The number of likely N-dealkylation sites (tertiary alicyclic amines) is 2. The summed E-state index contributed by atoms with van der Waals surface area (Å²) in [5, 5.41) is 25.5. The van der Waals surface area contributed by atoms with Crippen LogP contribution in [-0.2, 0) is 13.1 Å². The Hall–Kier alpha value is -5.92. The molecule has 4 aromatic carbocycles. The Balaban J connectivity index is 0.000000179. The van der Waals surface area contributed by atoms with Gasteiger partial charge in [-0.1, -0.05) is 36.4 Å². The molecule has 0 bridgehead atoms. The molecule has 14 nitrogen and oxygen atoms in total. The van der Waals surface area contributed by atoms with Crippen LogP contribution in [0.5, 0.6) is 11.5 Å².